The first kappa shape index (κ1) is 19.8. The van der Waals surface area contributed by atoms with Crippen LogP contribution in [0.2, 0.25) is 5.02 Å². The van der Waals surface area contributed by atoms with E-state index in [4.69, 9.17) is 25.8 Å². The number of Topliss-reactive ketones (excluding diaryl/α,β-unsaturated/α-hetero) is 1. The molecule has 0 amide bonds. The van der Waals surface area contributed by atoms with E-state index in [2.05, 4.69) is 0 Å². The molecule has 4 rings (SSSR count). The first-order chi connectivity index (χ1) is 14.6. The van der Waals surface area contributed by atoms with Crippen LogP contribution in [-0.2, 0) is 6.61 Å². The van der Waals surface area contributed by atoms with Crippen molar-refractivity contribution < 1.29 is 19.0 Å². The maximum atomic E-state index is 12.6. The number of carbonyl (C=O) groups excluding carboxylic acids is 1. The van der Waals surface area contributed by atoms with Gasteiger partial charge in [0.15, 0.2) is 5.76 Å². The van der Waals surface area contributed by atoms with Crippen molar-refractivity contribution in [3.8, 4) is 17.2 Å². The van der Waals surface area contributed by atoms with Crippen molar-refractivity contribution in [1.82, 2.24) is 0 Å². The molecular formula is C25H19ClO4. The van der Waals surface area contributed by atoms with Gasteiger partial charge in [0.2, 0.25) is 5.78 Å². The van der Waals surface area contributed by atoms with Gasteiger partial charge in [0.25, 0.3) is 0 Å². The number of allylic oxidation sites excluding steroid dienone is 3. The van der Waals surface area contributed by atoms with E-state index in [0.29, 0.717) is 28.7 Å². The fraction of sp³-hybridized carbons (Fsp3) is 0.0800. The van der Waals surface area contributed by atoms with Crippen LogP contribution < -0.4 is 14.2 Å². The average molecular weight is 419 g/mol. The second-order valence-electron chi connectivity index (χ2n) is 6.64. The van der Waals surface area contributed by atoms with Crippen LogP contribution in [0.5, 0.6) is 17.2 Å². The highest BCUT2D eigenvalue weighted by molar-refractivity contribution is 6.30. The molecule has 0 fully saturated rings. The molecule has 1 aliphatic heterocycles. The molecule has 0 spiro atoms. The largest absolute Gasteiger partial charge is 0.496 e. The fourth-order valence-electron chi connectivity index (χ4n) is 3.11. The highest BCUT2D eigenvalue weighted by atomic mass is 35.5. The lowest BCUT2D eigenvalue weighted by Crippen LogP contribution is -1.97. The van der Waals surface area contributed by atoms with E-state index >= 15 is 0 Å². The number of ether oxygens (including phenoxy) is 3. The number of ketones is 1. The molecule has 0 saturated carbocycles. The van der Waals surface area contributed by atoms with Gasteiger partial charge in [-0.2, -0.15) is 0 Å². The van der Waals surface area contributed by atoms with Crippen molar-refractivity contribution in [1.29, 1.82) is 0 Å². The summed E-state index contributed by atoms with van der Waals surface area (Å²) in [5.74, 6) is 1.97. The van der Waals surface area contributed by atoms with E-state index in [1.807, 2.05) is 54.6 Å². The van der Waals surface area contributed by atoms with Gasteiger partial charge in [-0.25, -0.2) is 0 Å². The molecule has 0 unspecified atom stereocenters. The Bertz CT molecular complexity index is 1150. The summed E-state index contributed by atoms with van der Waals surface area (Å²) < 4.78 is 16.9. The third kappa shape index (κ3) is 4.39. The number of methoxy groups -OCH3 is 1. The minimum absolute atomic E-state index is 0.156. The third-order valence-electron chi connectivity index (χ3n) is 4.60. The zero-order valence-electron chi connectivity index (χ0n) is 16.3. The van der Waals surface area contributed by atoms with Gasteiger partial charge in [0.05, 0.1) is 12.7 Å². The fourth-order valence-corrected chi connectivity index (χ4v) is 3.32. The van der Waals surface area contributed by atoms with Crippen LogP contribution in [0, 0.1) is 0 Å². The molecule has 3 aromatic rings. The monoisotopic (exact) mass is 418 g/mol. The summed E-state index contributed by atoms with van der Waals surface area (Å²) in [6.45, 7) is 0.373. The van der Waals surface area contributed by atoms with E-state index in [9.17, 15) is 4.79 Å². The number of fused-ring (bicyclic) bond motifs is 1. The zero-order chi connectivity index (χ0) is 20.9. The van der Waals surface area contributed by atoms with E-state index in [1.165, 1.54) is 0 Å². The second-order valence-corrected chi connectivity index (χ2v) is 7.08. The Morgan fingerprint density at radius 2 is 1.90 bits per heavy atom. The molecule has 1 heterocycles. The Morgan fingerprint density at radius 3 is 2.73 bits per heavy atom. The molecule has 0 radical (unpaired) electrons. The zero-order valence-corrected chi connectivity index (χ0v) is 17.1. The predicted octanol–water partition coefficient (Wildman–Crippen LogP) is 6.10. The number of rotatable bonds is 6. The van der Waals surface area contributed by atoms with Crippen molar-refractivity contribution in [2.45, 2.75) is 6.61 Å². The predicted molar refractivity (Wildman–Crippen MR) is 117 cm³/mol. The molecule has 5 heteroatoms. The number of halogens is 1. The van der Waals surface area contributed by atoms with Crippen molar-refractivity contribution in [2.75, 3.05) is 7.11 Å². The van der Waals surface area contributed by atoms with Gasteiger partial charge < -0.3 is 14.2 Å². The molecule has 3 aromatic carbocycles. The highest BCUT2D eigenvalue weighted by Crippen LogP contribution is 2.34. The highest BCUT2D eigenvalue weighted by Gasteiger charge is 2.27. The first-order valence-electron chi connectivity index (χ1n) is 9.39. The Kier molecular flexibility index (Phi) is 5.87. The van der Waals surface area contributed by atoms with Crippen LogP contribution in [0.3, 0.4) is 0 Å². The Balaban J connectivity index is 1.46. The molecule has 0 N–H and O–H groups in total. The van der Waals surface area contributed by atoms with Crippen LogP contribution >= 0.6 is 11.6 Å². The summed E-state index contributed by atoms with van der Waals surface area (Å²) in [7, 11) is 1.62. The lowest BCUT2D eigenvalue weighted by Gasteiger charge is -2.07. The quantitative estimate of drug-likeness (QED) is 0.454. The SMILES string of the molecule is COc1ccccc1/C=C/C=C1\Oc2cc(OCc3cccc(Cl)c3)ccc2C1=O. The van der Waals surface area contributed by atoms with Crippen molar-refractivity contribution in [3.63, 3.8) is 0 Å². The van der Waals surface area contributed by atoms with Crippen LogP contribution in [-0.4, -0.2) is 12.9 Å². The lowest BCUT2D eigenvalue weighted by atomic mass is 10.1. The molecule has 150 valence electrons. The number of para-hydroxylation sites is 1. The third-order valence-corrected chi connectivity index (χ3v) is 4.83. The van der Waals surface area contributed by atoms with Crippen LogP contribution in [0.25, 0.3) is 6.08 Å². The minimum atomic E-state index is -0.156. The van der Waals surface area contributed by atoms with Gasteiger partial charge >= 0.3 is 0 Å². The molecule has 30 heavy (non-hydrogen) atoms. The van der Waals surface area contributed by atoms with Gasteiger partial charge in [-0.05, 0) is 42.0 Å². The summed E-state index contributed by atoms with van der Waals surface area (Å²) in [4.78, 5) is 12.6. The standard InChI is InChI=1S/C25H19ClO4/c1-28-22-10-3-2-7-18(22)8-5-11-23-25(27)21-13-12-20(15-24(21)30-23)29-16-17-6-4-9-19(26)14-17/h2-15H,16H2,1H3/b8-5+,23-11-. The second kappa shape index (κ2) is 8.89. The van der Waals surface area contributed by atoms with Crippen LogP contribution in [0.15, 0.2) is 84.6 Å². The molecule has 0 bridgehead atoms. The van der Waals surface area contributed by atoms with Crippen LogP contribution in [0.1, 0.15) is 21.5 Å². The minimum Gasteiger partial charge on any atom is -0.496 e. The average Bonchev–Trinajstić information content (AvgIpc) is 3.07. The Labute approximate surface area is 180 Å². The molecule has 1 aliphatic rings. The summed E-state index contributed by atoms with van der Waals surface area (Å²) in [5, 5.41) is 0.662. The summed E-state index contributed by atoms with van der Waals surface area (Å²) in [6, 6.07) is 20.3. The summed E-state index contributed by atoms with van der Waals surface area (Å²) in [5.41, 5.74) is 2.39. The van der Waals surface area contributed by atoms with Gasteiger partial charge in [-0.15, -0.1) is 0 Å². The topological polar surface area (TPSA) is 44.8 Å². The number of carbonyl (C=O) groups is 1. The molecule has 0 aromatic heterocycles. The summed E-state index contributed by atoms with van der Waals surface area (Å²) >= 11 is 6.00. The van der Waals surface area contributed by atoms with E-state index < -0.39 is 0 Å². The molecule has 0 atom stereocenters. The van der Waals surface area contributed by atoms with Crippen molar-refractivity contribution >= 4 is 23.5 Å². The summed E-state index contributed by atoms with van der Waals surface area (Å²) in [6.07, 6.45) is 5.29. The Morgan fingerprint density at radius 1 is 1.03 bits per heavy atom. The molecular weight excluding hydrogens is 400 g/mol. The lowest BCUT2D eigenvalue weighted by molar-refractivity contribution is 0.101. The molecule has 4 nitrogen and oxygen atoms in total. The van der Waals surface area contributed by atoms with E-state index in [-0.39, 0.29) is 11.5 Å². The van der Waals surface area contributed by atoms with Gasteiger partial charge in [0, 0.05) is 16.7 Å². The number of benzene rings is 3. The smallest absolute Gasteiger partial charge is 0.231 e. The van der Waals surface area contributed by atoms with Crippen molar-refractivity contribution in [2.24, 2.45) is 0 Å². The molecule has 0 saturated heterocycles. The number of hydrogen-bond donors (Lipinski definition) is 0. The Hall–Kier alpha value is -3.50. The normalized spacial score (nSPS) is 14.1. The van der Waals surface area contributed by atoms with Gasteiger partial charge in [0.1, 0.15) is 23.9 Å². The molecule has 0 aliphatic carbocycles. The van der Waals surface area contributed by atoms with Crippen molar-refractivity contribution in [3.05, 3.63) is 106 Å². The maximum absolute atomic E-state index is 12.6. The van der Waals surface area contributed by atoms with E-state index in [0.717, 1.165) is 16.9 Å². The number of hydrogen-bond acceptors (Lipinski definition) is 4. The maximum Gasteiger partial charge on any atom is 0.231 e. The van der Waals surface area contributed by atoms with Crippen LogP contribution in [0.4, 0.5) is 0 Å². The van der Waals surface area contributed by atoms with Gasteiger partial charge in [-0.3, -0.25) is 4.79 Å². The van der Waals surface area contributed by atoms with E-state index in [1.54, 1.807) is 37.5 Å². The van der Waals surface area contributed by atoms with Gasteiger partial charge in [-0.1, -0.05) is 54.1 Å². The first-order valence-corrected chi connectivity index (χ1v) is 9.77.